The molecule has 0 aromatic carbocycles. The molecule has 1 N–H and O–H groups in total. The lowest BCUT2D eigenvalue weighted by molar-refractivity contribution is -0.137. The third kappa shape index (κ3) is 2.16. The Morgan fingerprint density at radius 2 is 2.31 bits per heavy atom. The van der Waals surface area contributed by atoms with Crippen LogP contribution in [-0.4, -0.2) is 11.8 Å². The van der Waals surface area contributed by atoms with Gasteiger partial charge in [0, 0.05) is 18.3 Å². The van der Waals surface area contributed by atoms with Crippen molar-refractivity contribution in [2.75, 3.05) is 0 Å². The summed E-state index contributed by atoms with van der Waals surface area (Å²) in [5, 5.41) is 6.47. The molecule has 0 spiro atoms. The molecule has 1 aromatic heterocycles. The van der Waals surface area contributed by atoms with Crippen LogP contribution < -0.4 is 5.32 Å². The molecule has 1 fully saturated rings. The van der Waals surface area contributed by atoms with Crippen molar-refractivity contribution in [3.63, 3.8) is 0 Å². The third-order valence-corrected chi connectivity index (χ3v) is 3.76. The molecule has 3 nitrogen and oxygen atoms in total. The zero-order valence-electron chi connectivity index (χ0n) is 9.23. The van der Waals surface area contributed by atoms with Crippen LogP contribution in [0.4, 0.5) is 0 Å². The lowest BCUT2D eigenvalue weighted by Crippen LogP contribution is -2.44. The van der Waals surface area contributed by atoms with Gasteiger partial charge in [0.25, 0.3) is 0 Å². The van der Waals surface area contributed by atoms with Gasteiger partial charge < -0.3 is 0 Å². The zero-order chi connectivity index (χ0) is 11.5. The van der Waals surface area contributed by atoms with Gasteiger partial charge in [-0.1, -0.05) is 13.3 Å². The van der Waals surface area contributed by atoms with Gasteiger partial charge in [-0.2, -0.15) is 11.3 Å². The molecular weight excluding hydrogens is 222 g/mol. The van der Waals surface area contributed by atoms with Crippen molar-refractivity contribution < 1.29 is 9.59 Å². The number of hydrogen-bond acceptors (Lipinski definition) is 3. The number of carbonyl (C=O) groups is 2. The van der Waals surface area contributed by atoms with Crippen LogP contribution in [0.15, 0.2) is 16.8 Å². The van der Waals surface area contributed by atoms with Gasteiger partial charge >= 0.3 is 0 Å². The largest absolute Gasteiger partial charge is 0.296 e. The molecule has 2 atom stereocenters. The molecule has 2 rings (SSSR count). The third-order valence-electron chi connectivity index (χ3n) is 3.06. The smallest absolute Gasteiger partial charge is 0.230 e. The van der Waals surface area contributed by atoms with Crippen molar-refractivity contribution in [3.05, 3.63) is 22.4 Å². The zero-order valence-corrected chi connectivity index (χ0v) is 10.0. The molecule has 2 unspecified atom stereocenters. The topological polar surface area (TPSA) is 46.2 Å². The van der Waals surface area contributed by atoms with Crippen LogP contribution in [0.1, 0.15) is 37.7 Å². The van der Waals surface area contributed by atoms with Crippen LogP contribution in [-0.2, 0) is 9.59 Å². The van der Waals surface area contributed by atoms with Gasteiger partial charge in [0.1, 0.15) is 0 Å². The van der Waals surface area contributed by atoms with Crippen molar-refractivity contribution in [2.24, 2.45) is 5.92 Å². The minimum absolute atomic E-state index is 0.0442. The van der Waals surface area contributed by atoms with Crippen molar-refractivity contribution in [1.82, 2.24) is 5.32 Å². The summed E-state index contributed by atoms with van der Waals surface area (Å²) < 4.78 is 0. The summed E-state index contributed by atoms with van der Waals surface area (Å²) in [6.45, 7) is 2.06. The number of rotatable bonds is 3. The quantitative estimate of drug-likeness (QED) is 0.820. The predicted octanol–water partition coefficient (Wildman–Crippen LogP) is 2.29. The number of carbonyl (C=O) groups excluding carboxylic acids is 2. The van der Waals surface area contributed by atoms with Crippen LogP contribution in [0.25, 0.3) is 0 Å². The van der Waals surface area contributed by atoms with E-state index in [2.05, 4.69) is 12.2 Å². The summed E-state index contributed by atoms with van der Waals surface area (Å²) in [6.07, 6.45) is 2.25. The van der Waals surface area contributed by atoms with E-state index < -0.39 is 0 Å². The van der Waals surface area contributed by atoms with E-state index in [0.29, 0.717) is 6.42 Å². The number of nitrogens with one attached hydrogen (secondary N) is 1. The van der Waals surface area contributed by atoms with Crippen LogP contribution in [0.3, 0.4) is 0 Å². The maximum Gasteiger partial charge on any atom is 0.230 e. The lowest BCUT2D eigenvalue weighted by atomic mass is 9.79. The Kier molecular flexibility index (Phi) is 3.39. The Bertz CT molecular complexity index is 386. The van der Waals surface area contributed by atoms with E-state index in [-0.39, 0.29) is 23.7 Å². The molecular formula is C12H15NO2S. The van der Waals surface area contributed by atoms with E-state index in [9.17, 15) is 9.59 Å². The van der Waals surface area contributed by atoms with Gasteiger partial charge in [-0.3, -0.25) is 14.9 Å². The normalized spacial score (nSPS) is 25.6. The molecule has 0 bridgehead atoms. The maximum absolute atomic E-state index is 11.8. The van der Waals surface area contributed by atoms with E-state index >= 15 is 0 Å². The molecule has 0 radical (unpaired) electrons. The van der Waals surface area contributed by atoms with Crippen molar-refractivity contribution in [2.45, 2.75) is 32.1 Å². The van der Waals surface area contributed by atoms with Crippen LogP contribution in [0, 0.1) is 5.92 Å². The van der Waals surface area contributed by atoms with Gasteiger partial charge in [0.05, 0.1) is 0 Å². The van der Waals surface area contributed by atoms with Crippen LogP contribution >= 0.6 is 11.3 Å². The minimum Gasteiger partial charge on any atom is -0.296 e. The van der Waals surface area contributed by atoms with E-state index in [1.807, 2.05) is 16.8 Å². The highest BCUT2D eigenvalue weighted by molar-refractivity contribution is 7.08. The number of hydrogen-bond donors (Lipinski definition) is 1. The summed E-state index contributed by atoms with van der Waals surface area (Å²) in [5.74, 6) is -0.215. The van der Waals surface area contributed by atoms with Crippen molar-refractivity contribution in [1.29, 1.82) is 0 Å². The Hall–Kier alpha value is -1.16. The summed E-state index contributed by atoms with van der Waals surface area (Å²) in [4.78, 5) is 23.2. The number of piperidine rings is 1. The van der Waals surface area contributed by atoms with Gasteiger partial charge in [-0.15, -0.1) is 0 Å². The Morgan fingerprint density at radius 1 is 1.50 bits per heavy atom. The van der Waals surface area contributed by atoms with Crippen molar-refractivity contribution in [3.8, 4) is 0 Å². The fraction of sp³-hybridized carbons (Fsp3) is 0.500. The first-order chi connectivity index (χ1) is 7.72. The maximum atomic E-state index is 11.8. The summed E-state index contributed by atoms with van der Waals surface area (Å²) >= 11 is 1.61. The summed E-state index contributed by atoms with van der Waals surface area (Å²) in [7, 11) is 0. The molecule has 1 aliphatic heterocycles. The average Bonchev–Trinajstić information content (AvgIpc) is 2.75. The van der Waals surface area contributed by atoms with E-state index in [1.54, 1.807) is 11.3 Å². The Labute approximate surface area is 98.9 Å². The van der Waals surface area contributed by atoms with Gasteiger partial charge in [-0.25, -0.2) is 0 Å². The molecule has 86 valence electrons. The fourth-order valence-electron chi connectivity index (χ4n) is 2.29. The number of imide groups is 1. The first kappa shape index (κ1) is 11.3. The lowest BCUT2D eigenvalue weighted by Gasteiger charge is -2.29. The molecule has 1 saturated heterocycles. The fourth-order valence-corrected chi connectivity index (χ4v) is 3.01. The highest BCUT2D eigenvalue weighted by Gasteiger charge is 2.36. The number of amides is 2. The monoisotopic (exact) mass is 237 g/mol. The van der Waals surface area contributed by atoms with Gasteiger partial charge in [0.15, 0.2) is 0 Å². The first-order valence-corrected chi connectivity index (χ1v) is 6.52. The summed E-state index contributed by atoms with van der Waals surface area (Å²) in [6, 6.07) is 2.02. The molecule has 0 aliphatic carbocycles. The molecule has 2 heterocycles. The Balaban J connectivity index is 2.24. The van der Waals surface area contributed by atoms with Crippen LogP contribution in [0.2, 0.25) is 0 Å². The van der Waals surface area contributed by atoms with E-state index in [4.69, 9.17) is 0 Å². The van der Waals surface area contributed by atoms with Crippen LogP contribution in [0.5, 0.6) is 0 Å². The molecule has 2 amide bonds. The second-order valence-corrected chi connectivity index (χ2v) is 4.95. The SMILES string of the molecule is CCCC1C(=O)NC(=O)CC1c1ccsc1. The van der Waals surface area contributed by atoms with Gasteiger partial charge in [0.2, 0.25) is 11.8 Å². The molecule has 1 aromatic rings. The highest BCUT2D eigenvalue weighted by Crippen LogP contribution is 2.35. The average molecular weight is 237 g/mol. The number of thiophene rings is 1. The molecule has 0 saturated carbocycles. The standard InChI is InChI=1S/C12H15NO2S/c1-2-3-9-10(8-4-5-16-7-8)6-11(14)13-12(9)15/h4-5,7,9-10H,2-3,6H2,1H3,(H,13,14,15). The van der Waals surface area contributed by atoms with Gasteiger partial charge in [-0.05, 0) is 28.8 Å². The molecule has 1 aliphatic rings. The van der Waals surface area contributed by atoms with E-state index in [1.165, 1.54) is 0 Å². The van der Waals surface area contributed by atoms with E-state index in [0.717, 1.165) is 18.4 Å². The molecule has 16 heavy (non-hydrogen) atoms. The van der Waals surface area contributed by atoms with Crippen molar-refractivity contribution >= 4 is 23.2 Å². The predicted molar refractivity (Wildman–Crippen MR) is 63.2 cm³/mol. The second-order valence-electron chi connectivity index (χ2n) is 4.17. The second kappa shape index (κ2) is 4.78. The Morgan fingerprint density at radius 3 is 2.94 bits per heavy atom. The highest BCUT2D eigenvalue weighted by atomic mass is 32.1. The first-order valence-electron chi connectivity index (χ1n) is 5.58. The molecule has 4 heteroatoms. The minimum atomic E-state index is -0.145. The summed E-state index contributed by atoms with van der Waals surface area (Å²) in [5.41, 5.74) is 1.13.